The fourth-order valence-corrected chi connectivity index (χ4v) is 2.39. The van der Waals surface area contributed by atoms with Crippen molar-refractivity contribution in [2.24, 2.45) is 11.8 Å². The van der Waals surface area contributed by atoms with E-state index in [4.69, 9.17) is 6.57 Å². The van der Waals surface area contributed by atoms with Crippen molar-refractivity contribution in [3.05, 3.63) is 28.6 Å². The van der Waals surface area contributed by atoms with Gasteiger partial charge in [-0.2, -0.15) is 0 Å². The second-order valence-corrected chi connectivity index (χ2v) is 5.94. The van der Waals surface area contributed by atoms with Gasteiger partial charge in [0.1, 0.15) is 0 Å². The molecule has 0 aromatic rings. The van der Waals surface area contributed by atoms with Crippen LogP contribution in [0.5, 0.6) is 0 Å². The maximum absolute atomic E-state index is 5.47. The molecule has 0 saturated heterocycles. The van der Waals surface area contributed by atoms with E-state index >= 15 is 0 Å². The molecule has 0 aromatic heterocycles. The Hall–Kier alpha value is -1.03. The van der Waals surface area contributed by atoms with Crippen molar-refractivity contribution >= 4 is 0 Å². The fraction of sp³-hybridized carbons (Fsp3) is 0.688. The van der Waals surface area contributed by atoms with Crippen LogP contribution in [0.15, 0.2) is 23.8 Å². The van der Waals surface area contributed by atoms with Crippen LogP contribution in [0.2, 0.25) is 0 Å². The Morgan fingerprint density at radius 1 is 1.35 bits per heavy atom. The molecule has 0 amide bonds. The largest absolute Gasteiger partial charge is 0.278 e. The quantitative estimate of drug-likeness (QED) is 0.599. The maximum atomic E-state index is 5.47. The molecule has 1 fully saturated rings. The van der Waals surface area contributed by atoms with Crippen molar-refractivity contribution < 1.29 is 0 Å². The zero-order valence-corrected chi connectivity index (χ0v) is 11.7. The first kappa shape index (κ1) is 14.0. The van der Waals surface area contributed by atoms with Crippen molar-refractivity contribution in [3.63, 3.8) is 0 Å². The molecular weight excluding hydrogens is 206 g/mol. The fourth-order valence-electron chi connectivity index (χ4n) is 2.39. The van der Waals surface area contributed by atoms with E-state index in [0.29, 0.717) is 5.92 Å². The Morgan fingerprint density at radius 2 is 1.94 bits per heavy atom. The van der Waals surface area contributed by atoms with Crippen LogP contribution in [0.4, 0.5) is 0 Å². The third kappa shape index (κ3) is 4.38. The summed E-state index contributed by atoms with van der Waals surface area (Å²) in [5, 5.41) is 0. The number of nitrogens with zero attached hydrogens (tertiary/aromatic N) is 1. The Labute approximate surface area is 106 Å². The molecule has 0 radical (unpaired) electrons. The summed E-state index contributed by atoms with van der Waals surface area (Å²) in [6, 6.07) is 0. The van der Waals surface area contributed by atoms with Gasteiger partial charge in [0.2, 0.25) is 0 Å². The first-order chi connectivity index (χ1) is 7.97. The normalized spacial score (nSPS) is 30.8. The topological polar surface area (TPSA) is 4.36 Å². The van der Waals surface area contributed by atoms with Crippen molar-refractivity contribution in [3.8, 4) is 6.57 Å². The molecule has 0 N–H and O–H groups in total. The first-order valence-corrected chi connectivity index (χ1v) is 6.74. The number of rotatable bonds is 3. The van der Waals surface area contributed by atoms with Crippen molar-refractivity contribution in [2.45, 2.75) is 58.9 Å². The van der Waals surface area contributed by atoms with Crippen molar-refractivity contribution in [1.82, 2.24) is 0 Å². The highest BCUT2D eigenvalue weighted by Gasteiger charge is 2.39. The molecule has 0 aromatic carbocycles. The van der Waals surface area contributed by atoms with E-state index in [9.17, 15) is 0 Å². The minimum absolute atomic E-state index is 0.0323. The van der Waals surface area contributed by atoms with E-state index in [1.54, 1.807) is 0 Å². The lowest BCUT2D eigenvalue weighted by Crippen LogP contribution is -2.27. The maximum Gasteiger partial charge on any atom is 0.278 e. The van der Waals surface area contributed by atoms with Gasteiger partial charge in [0, 0.05) is 19.8 Å². The second-order valence-electron chi connectivity index (χ2n) is 5.94. The molecule has 0 spiro atoms. The molecule has 1 heteroatoms. The average Bonchev–Trinajstić information content (AvgIpc) is 2.29. The smallest absolute Gasteiger partial charge is 0.0820 e. The number of allylic oxidation sites excluding steroid dienone is 4. The highest BCUT2D eigenvalue weighted by Crippen LogP contribution is 2.37. The molecule has 17 heavy (non-hydrogen) atoms. The molecule has 1 nitrogen and oxygen atoms in total. The molecule has 0 atom stereocenters. The molecule has 0 aliphatic heterocycles. The summed E-state index contributed by atoms with van der Waals surface area (Å²) in [5.41, 5.74) is 1.53. The lowest BCUT2D eigenvalue weighted by Gasteiger charge is -2.27. The summed E-state index contributed by atoms with van der Waals surface area (Å²) in [5.74, 6) is 1.35. The summed E-state index contributed by atoms with van der Waals surface area (Å²) in [4.78, 5) is 4.03. The second kappa shape index (κ2) is 6.05. The molecule has 1 rings (SSSR count). The van der Waals surface area contributed by atoms with Crippen LogP contribution < -0.4 is 0 Å². The van der Waals surface area contributed by atoms with Crippen LogP contribution in [-0.2, 0) is 0 Å². The van der Waals surface area contributed by atoms with E-state index in [-0.39, 0.29) is 5.54 Å². The van der Waals surface area contributed by atoms with Crippen LogP contribution >= 0.6 is 0 Å². The molecule has 94 valence electrons. The van der Waals surface area contributed by atoms with Gasteiger partial charge in [0.15, 0.2) is 0 Å². The highest BCUT2D eigenvalue weighted by atomic mass is 14.8. The third-order valence-electron chi connectivity index (χ3n) is 3.87. The minimum Gasteiger partial charge on any atom is -0.0820 e. The average molecular weight is 232 g/mol. The van der Waals surface area contributed by atoms with Gasteiger partial charge in [-0.1, -0.05) is 42.5 Å². The van der Waals surface area contributed by atoms with Crippen LogP contribution in [0.1, 0.15) is 53.4 Å². The van der Waals surface area contributed by atoms with Crippen LogP contribution in [0, 0.1) is 18.4 Å². The zero-order valence-electron chi connectivity index (χ0n) is 11.7. The summed E-state index contributed by atoms with van der Waals surface area (Å²) >= 11 is 0. The standard InChI is InChI=1S/C16H26N/c1-13(2)7-6-8-14(3)15-9-11-16(4,17-5)12-10-15/h5-8,13,15H,9-12H2,1-4H3/q+1. The molecular formula is C16H26N+. The van der Waals surface area contributed by atoms with E-state index in [1.165, 1.54) is 18.4 Å². The van der Waals surface area contributed by atoms with E-state index in [0.717, 1.165) is 18.8 Å². The van der Waals surface area contributed by atoms with Gasteiger partial charge >= 0.3 is 0 Å². The van der Waals surface area contributed by atoms with E-state index in [1.807, 2.05) is 0 Å². The molecule has 1 aliphatic rings. The molecule has 0 bridgehead atoms. The first-order valence-electron chi connectivity index (χ1n) is 6.74. The SMILES string of the molecule is C#[N+]C1(C)CCC(C(C)=CC=CC(C)C)CC1. The lowest BCUT2D eigenvalue weighted by molar-refractivity contribution is 0.312. The van der Waals surface area contributed by atoms with Gasteiger partial charge in [0.25, 0.3) is 12.1 Å². The van der Waals surface area contributed by atoms with E-state index < -0.39 is 0 Å². The molecule has 0 heterocycles. The summed E-state index contributed by atoms with van der Waals surface area (Å²) in [6.45, 7) is 14.3. The highest BCUT2D eigenvalue weighted by molar-refractivity contribution is 5.16. The van der Waals surface area contributed by atoms with Gasteiger partial charge in [-0.15, -0.1) is 0 Å². The molecule has 1 aliphatic carbocycles. The van der Waals surface area contributed by atoms with Gasteiger partial charge in [-0.25, -0.2) is 0 Å². The lowest BCUT2D eigenvalue weighted by atomic mass is 9.75. The molecule has 0 unspecified atom stereocenters. The zero-order chi connectivity index (χ0) is 12.9. The van der Waals surface area contributed by atoms with Crippen LogP contribution in [-0.4, -0.2) is 5.54 Å². The Bertz CT molecular complexity index is 333. The molecule has 1 saturated carbocycles. The van der Waals surface area contributed by atoms with Crippen LogP contribution in [0.3, 0.4) is 0 Å². The Kier molecular flexibility index (Phi) is 5.00. The Balaban J connectivity index is 2.52. The predicted octanol–water partition coefficient (Wildman–Crippen LogP) is 5.06. The van der Waals surface area contributed by atoms with Gasteiger partial charge < -0.3 is 0 Å². The van der Waals surface area contributed by atoms with Gasteiger partial charge in [-0.05, 0) is 31.6 Å². The summed E-state index contributed by atoms with van der Waals surface area (Å²) < 4.78 is 0. The predicted molar refractivity (Wildman–Crippen MR) is 76.4 cm³/mol. The minimum atomic E-state index is 0.0323. The van der Waals surface area contributed by atoms with E-state index in [2.05, 4.69) is 50.8 Å². The monoisotopic (exact) mass is 232 g/mol. The Morgan fingerprint density at radius 3 is 2.41 bits per heavy atom. The van der Waals surface area contributed by atoms with Crippen molar-refractivity contribution in [2.75, 3.05) is 0 Å². The van der Waals surface area contributed by atoms with Crippen LogP contribution in [0.25, 0.3) is 4.85 Å². The summed E-state index contributed by atoms with van der Waals surface area (Å²) in [6.07, 6.45) is 11.4. The van der Waals surface area contributed by atoms with Gasteiger partial charge in [0.05, 0.1) is 0 Å². The third-order valence-corrected chi connectivity index (χ3v) is 3.87. The number of hydrogen-bond donors (Lipinski definition) is 0. The number of hydrogen-bond acceptors (Lipinski definition) is 0. The van der Waals surface area contributed by atoms with Crippen molar-refractivity contribution in [1.29, 1.82) is 0 Å². The summed E-state index contributed by atoms with van der Waals surface area (Å²) in [7, 11) is 0. The van der Waals surface area contributed by atoms with Gasteiger partial charge in [-0.3, -0.25) is 0 Å².